The topological polar surface area (TPSA) is 63.3 Å². The molecule has 0 bridgehead atoms. The quantitative estimate of drug-likeness (QED) is 0.594. The van der Waals surface area contributed by atoms with Gasteiger partial charge in [-0.15, -0.1) is 0 Å². The highest BCUT2D eigenvalue weighted by Crippen LogP contribution is 2.26. The molecule has 0 radical (unpaired) electrons. The standard InChI is InChI=1S/C9H15NO2/c1-2-8(12)9(10)4-3-7(5-9)6-11/h3-4,7,11H,2,5-6,10H2,1H3. The van der Waals surface area contributed by atoms with Gasteiger partial charge in [0.15, 0.2) is 5.78 Å². The molecule has 0 saturated carbocycles. The highest BCUT2D eigenvalue weighted by molar-refractivity contribution is 5.90. The van der Waals surface area contributed by atoms with Crippen molar-refractivity contribution in [2.45, 2.75) is 25.3 Å². The molecule has 0 saturated heterocycles. The Morgan fingerprint density at radius 3 is 2.92 bits per heavy atom. The van der Waals surface area contributed by atoms with Crippen molar-refractivity contribution in [1.82, 2.24) is 0 Å². The van der Waals surface area contributed by atoms with Gasteiger partial charge in [0.2, 0.25) is 0 Å². The molecule has 3 heteroatoms. The van der Waals surface area contributed by atoms with Gasteiger partial charge in [0, 0.05) is 18.9 Å². The normalized spacial score (nSPS) is 34.1. The van der Waals surface area contributed by atoms with Crippen LogP contribution in [-0.4, -0.2) is 23.0 Å². The minimum atomic E-state index is -0.803. The summed E-state index contributed by atoms with van der Waals surface area (Å²) in [5, 5.41) is 8.83. The van der Waals surface area contributed by atoms with E-state index < -0.39 is 5.54 Å². The first-order valence-corrected chi connectivity index (χ1v) is 4.25. The van der Waals surface area contributed by atoms with Crippen LogP contribution in [0.1, 0.15) is 19.8 Å². The van der Waals surface area contributed by atoms with E-state index in [4.69, 9.17) is 10.8 Å². The molecule has 3 nitrogen and oxygen atoms in total. The van der Waals surface area contributed by atoms with E-state index in [2.05, 4.69) is 0 Å². The first-order valence-electron chi connectivity index (χ1n) is 4.25. The van der Waals surface area contributed by atoms with Crippen molar-refractivity contribution in [2.75, 3.05) is 6.61 Å². The molecule has 3 N–H and O–H groups in total. The van der Waals surface area contributed by atoms with Gasteiger partial charge in [0.05, 0.1) is 5.54 Å². The summed E-state index contributed by atoms with van der Waals surface area (Å²) in [5.41, 5.74) is 5.03. The van der Waals surface area contributed by atoms with Crippen molar-refractivity contribution in [3.63, 3.8) is 0 Å². The largest absolute Gasteiger partial charge is 0.396 e. The van der Waals surface area contributed by atoms with E-state index in [9.17, 15) is 4.79 Å². The average Bonchev–Trinajstić information content (AvgIpc) is 2.47. The highest BCUT2D eigenvalue weighted by Gasteiger charge is 2.35. The summed E-state index contributed by atoms with van der Waals surface area (Å²) in [6.45, 7) is 1.88. The van der Waals surface area contributed by atoms with Crippen molar-refractivity contribution >= 4 is 5.78 Å². The molecule has 2 atom stereocenters. The first-order chi connectivity index (χ1) is 5.62. The Morgan fingerprint density at radius 1 is 1.83 bits per heavy atom. The molecule has 1 aliphatic rings. The van der Waals surface area contributed by atoms with Crippen LogP contribution in [-0.2, 0) is 4.79 Å². The number of hydrogen-bond donors (Lipinski definition) is 2. The number of aliphatic hydroxyl groups is 1. The lowest BCUT2D eigenvalue weighted by Crippen LogP contribution is -2.44. The fourth-order valence-electron chi connectivity index (χ4n) is 1.54. The van der Waals surface area contributed by atoms with Gasteiger partial charge in [-0.1, -0.05) is 19.1 Å². The van der Waals surface area contributed by atoms with Crippen molar-refractivity contribution in [1.29, 1.82) is 0 Å². The molecule has 0 fully saturated rings. The molecule has 0 amide bonds. The van der Waals surface area contributed by atoms with Crippen LogP contribution in [0.3, 0.4) is 0 Å². The number of hydrogen-bond acceptors (Lipinski definition) is 3. The smallest absolute Gasteiger partial charge is 0.156 e. The number of ketones is 1. The predicted octanol–water partition coefficient (Wildman–Crippen LogP) is 0.231. The number of carbonyl (C=O) groups excluding carboxylic acids is 1. The maximum Gasteiger partial charge on any atom is 0.156 e. The van der Waals surface area contributed by atoms with Gasteiger partial charge in [0.25, 0.3) is 0 Å². The second-order valence-electron chi connectivity index (χ2n) is 3.32. The summed E-state index contributed by atoms with van der Waals surface area (Å²) in [6.07, 6.45) is 4.56. The molecule has 0 aromatic rings. The Kier molecular flexibility index (Phi) is 2.65. The Labute approximate surface area is 72.3 Å². The summed E-state index contributed by atoms with van der Waals surface area (Å²) in [4.78, 5) is 11.3. The molecule has 68 valence electrons. The SMILES string of the molecule is CCC(=O)C1(N)C=CC(CO)C1. The maximum atomic E-state index is 11.3. The molecule has 0 aromatic heterocycles. The number of aliphatic hydroxyl groups excluding tert-OH is 1. The fraction of sp³-hybridized carbons (Fsp3) is 0.667. The van der Waals surface area contributed by atoms with E-state index in [-0.39, 0.29) is 18.3 Å². The van der Waals surface area contributed by atoms with Gasteiger partial charge in [-0.25, -0.2) is 0 Å². The third kappa shape index (κ3) is 1.57. The number of nitrogens with two attached hydrogens (primary N) is 1. The number of Topliss-reactive ketones (excluding diaryl/α,β-unsaturated/α-hetero) is 1. The minimum Gasteiger partial charge on any atom is -0.396 e. The van der Waals surface area contributed by atoms with Crippen molar-refractivity contribution < 1.29 is 9.90 Å². The zero-order valence-electron chi connectivity index (χ0n) is 7.29. The van der Waals surface area contributed by atoms with Crippen LogP contribution in [0, 0.1) is 5.92 Å². The predicted molar refractivity (Wildman–Crippen MR) is 46.5 cm³/mol. The van der Waals surface area contributed by atoms with E-state index in [1.165, 1.54) is 0 Å². The second-order valence-corrected chi connectivity index (χ2v) is 3.32. The lowest BCUT2D eigenvalue weighted by atomic mass is 9.90. The summed E-state index contributed by atoms with van der Waals surface area (Å²) in [6, 6.07) is 0. The van der Waals surface area contributed by atoms with Crippen LogP contribution < -0.4 is 5.73 Å². The molecule has 12 heavy (non-hydrogen) atoms. The molecule has 0 heterocycles. The van der Waals surface area contributed by atoms with E-state index in [0.717, 1.165) is 0 Å². The van der Waals surface area contributed by atoms with E-state index in [0.29, 0.717) is 12.8 Å². The van der Waals surface area contributed by atoms with Gasteiger partial charge >= 0.3 is 0 Å². The number of rotatable bonds is 3. The average molecular weight is 169 g/mol. The molecule has 0 aromatic carbocycles. The van der Waals surface area contributed by atoms with Crippen LogP contribution in [0.5, 0.6) is 0 Å². The Morgan fingerprint density at radius 2 is 2.50 bits per heavy atom. The molecule has 0 spiro atoms. The van der Waals surface area contributed by atoms with Gasteiger partial charge in [-0.3, -0.25) is 4.79 Å². The van der Waals surface area contributed by atoms with Crippen LogP contribution in [0.4, 0.5) is 0 Å². The van der Waals surface area contributed by atoms with Crippen molar-refractivity contribution in [3.8, 4) is 0 Å². The van der Waals surface area contributed by atoms with Crippen LogP contribution in [0.15, 0.2) is 12.2 Å². The monoisotopic (exact) mass is 169 g/mol. The fourth-order valence-corrected chi connectivity index (χ4v) is 1.54. The summed E-state index contributed by atoms with van der Waals surface area (Å²) < 4.78 is 0. The zero-order chi connectivity index (χ0) is 9.19. The van der Waals surface area contributed by atoms with Crippen molar-refractivity contribution in [3.05, 3.63) is 12.2 Å². The molecule has 1 rings (SSSR count). The first kappa shape index (κ1) is 9.42. The Bertz CT molecular complexity index is 213. The highest BCUT2D eigenvalue weighted by atomic mass is 16.3. The summed E-state index contributed by atoms with van der Waals surface area (Å²) >= 11 is 0. The van der Waals surface area contributed by atoms with Crippen LogP contribution in [0.2, 0.25) is 0 Å². The van der Waals surface area contributed by atoms with Crippen molar-refractivity contribution in [2.24, 2.45) is 11.7 Å². The summed E-state index contributed by atoms with van der Waals surface area (Å²) in [7, 11) is 0. The van der Waals surface area contributed by atoms with E-state index in [1.807, 2.05) is 6.08 Å². The van der Waals surface area contributed by atoms with Gasteiger partial charge in [0.1, 0.15) is 0 Å². The Hall–Kier alpha value is -0.670. The summed E-state index contributed by atoms with van der Waals surface area (Å²) in [5.74, 6) is 0.111. The maximum absolute atomic E-state index is 11.3. The zero-order valence-corrected chi connectivity index (χ0v) is 7.29. The third-order valence-corrected chi connectivity index (χ3v) is 2.34. The lowest BCUT2D eigenvalue weighted by molar-refractivity contribution is -0.122. The van der Waals surface area contributed by atoms with Crippen LogP contribution in [0.25, 0.3) is 0 Å². The molecule has 1 aliphatic carbocycles. The number of carbonyl (C=O) groups is 1. The lowest BCUT2D eigenvalue weighted by Gasteiger charge is -2.20. The van der Waals surface area contributed by atoms with Gasteiger partial charge in [-0.2, -0.15) is 0 Å². The van der Waals surface area contributed by atoms with Gasteiger partial charge < -0.3 is 10.8 Å². The van der Waals surface area contributed by atoms with E-state index in [1.54, 1.807) is 13.0 Å². The molecular weight excluding hydrogens is 154 g/mol. The molecule has 0 aliphatic heterocycles. The molecule has 2 unspecified atom stereocenters. The minimum absolute atomic E-state index is 0.0506. The molecular formula is C9H15NO2. The van der Waals surface area contributed by atoms with E-state index >= 15 is 0 Å². The third-order valence-electron chi connectivity index (χ3n) is 2.34. The van der Waals surface area contributed by atoms with Crippen LogP contribution >= 0.6 is 0 Å². The Balaban J connectivity index is 2.66. The second kappa shape index (κ2) is 3.37. The van der Waals surface area contributed by atoms with Gasteiger partial charge in [-0.05, 0) is 6.42 Å².